The number of likely N-dealkylation sites (tertiary alicyclic amines) is 2. The van der Waals surface area contributed by atoms with Gasteiger partial charge in [0.1, 0.15) is 5.54 Å². The Labute approximate surface area is 210 Å². The number of imide groups is 1. The molecule has 3 fully saturated rings. The molecule has 1 aromatic rings. The number of nitrogens with one attached hydrogen (secondary N) is 1. The van der Waals surface area contributed by atoms with Crippen LogP contribution in [0, 0.1) is 5.92 Å². The maximum absolute atomic E-state index is 13.7. The zero-order chi connectivity index (χ0) is 24.8. The normalized spacial score (nSPS) is 25.9. The summed E-state index contributed by atoms with van der Waals surface area (Å²) < 4.78 is 0. The number of carbonyl (C=O) groups is 3. The monoisotopic (exact) mass is 482 g/mol. The molecule has 4 amide bonds. The summed E-state index contributed by atoms with van der Waals surface area (Å²) in [6, 6.07) is 10.5. The number of benzene rings is 1. The summed E-state index contributed by atoms with van der Waals surface area (Å²) in [7, 11) is 2.13. The third-order valence-corrected chi connectivity index (χ3v) is 8.45. The Hall–Kier alpha value is -2.41. The van der Waals surface area contributed by atoms with Gasteiger partial charge in [0.05, 0.1) is 0 Å². The minimum atomic E-state index is -0.810. The SMILES string of the molecule is CCC[C@@]1(C2CCN(C(=O)CCCc3ccccc3)CC2)NC(=O)N(CC[C@@H]2CCCN2C)C1=O. The highest BCUT2D eigenvalue weighted by molar-refractivity contribution is 6.07. The van der Waals surface area contributed by atoms with Crippen molar-refractivity contribution in [1.29, 1.82) is 0 Å². The van der Waals surface area contributed by atoms with Gasteiger partial charge in [0.15, 0.2) is 0 Å². The van der Waals surface area contributed by atoms with Gasteiger partial charge in [-0.3, -0.25) is 14.5 Å². The van der Waals surface area contributed by atoms with E-state index in [0.29, 0.717) is 38.5 Å². The van der Waals surface area contributed by atoms with Crippen LogP contribution in [0.2, 0.25) is 0 Å². The molecule has 1 N–H and O–H groups in total. The fourth-order valence-corrected chi connectivity index (χ4v) is 6.38. The molecule has 7 nitrogen and oxygen atoms in total. The predicted molar refractivity (Wildman–Crippen MR) is 137 cm³/mol. The van der Waals surface area contributed by atoms with E-state index in [0.717, 1.165) is 51.5 Å². The smallest absolute Gasteiger partial charge is 0.325 e. The fraction of sp³-hybridized carbons (Fsp3) is 0.679. The number of rotatable bonds is 10. The summed E-state index contributed by atoms with van der Waals surface area (Å²) in [5.41, 5.74) is 0.454. The number of carbonyl (C=O) groups excluding carboxylic acids is 3. The first kappa shape index (κ1) is 25.7. The van der Waals surface area contributed by atoms with Gasteiger partial charge in [-0.1, -0.05) is 43.7 Å². The van der Waals surface area contributed by atoms with E-state index in [4.69, 9.17) is 0 Å². The molecule has 0 aromatic heterocycles. The van der Waals surface area contributed by atoms with Crippen molar-refractivity contribution in [2.75, 3.05) is 33.2 Å². The number of aryl methyl sites for hydroxylation is 1. The third kappa shape index (κ3) is 5.71. The largest absolute Gasteiger partial charge is 0.343 e. The molecule has 3 aliphatic heterocycles. The van der Waals surface area contributed by atoms with E-state index >= 15 is 0 Å². The van der Waals surface area contributed by atoms with Crippen LogP contribution in [-0.4, -0.2) is 77.4 Å². The van der Waals surface area contributed by atoms with Crippen molar-refractivity contribution in [3.05, 3.63) is 35.9 Å². The van der Waals surface area contributed by atoms with Crippen molar-refractivity contribution in [2.45, 2.75) is 82.7 Å². The standard InChI is InChI=1S/C28H42N4O3/c1-3-17-28(26(34)32(27(35)29-28)21-16-24-12-8-18-30(24)2)23-14-19-31(20-15-23)25(33)13-7-11-22-9-5-4-6-10-22/h4-6,9-10,23-24H,3,7-8,11-21H2,1-2H3,(H,29,35)/t24-,28-/m0/s1. The van der Waals surface area contributed by atoms with Gasteiger partial charge in [-0.25, -0.2) is 4.79 Å². The molecule has 3 saturated heterocycles. The molecule has 0 spiro atoms. The Bertz CT molecular complexity index is 883. The first-order chi connectivity index (χ1) is 16.9. The molecular formula is C28H42N4O3. The molecule has 0 radical (unpaired) electrons. The lowest BCUT2D eigenvalue weighted by molar-refractivity contribution is -0.136. The molecule has 3 aliphatic rings. The first-order valence-corrected chi connectivity index (χ1v) is 13.6. The maximum atomic E-state index is 13.7. The minimum Gasteiger partial charge on any atom is -0.343 e. The molecule has 0 saturated carbocycles. The van der Waals surface area contributed by atoms with Gasteiger partial charge in [-0.05, 0) is 76.4 Å². The van der Waals surface area contributed by atoms with E-state index in [1.807, 2.05) is 23.1 Å². The molecule has 3 heterocycles. The Morgan fingerprint density at radius 3 is 2.49 bits per heavy atom. The zero-order valence-corrected chi connectivity index (χ0v) is 21.5. The molecule has 35 heavy (non-hydrogen) atoms. The summed E-state index contributed by atoms with van der Waals surface area (Å²) in [6.07, 6.45) is 8.50. The Morgan fingerprint density at radius 2 is 1.83 bits per heavy atom. The highest BCUT2D eigenvalue weighted by atomic mass is 16.2. The molecule has 1 aromatic carbocycles. The van der Waals surface area contributed by atoms with Gasteiger partial charge in [0, 0.05) is 32.1 Å². The highest BCUT2D eigenvalue weighted by Crippen LogP contribution is 2.37. The van der Waals surface area contributed by atoms with Crippen LogP contribution >= 0.6 is 0 Å². The number of piperidine rings is 1. The molecule has 0 aliphatic carbocycles. The third-order valence-electron chi connectivity index (χ3n) is 8.45. The number of urea groups is 1. The van der Waals surface area contributed by atoms with Crippen LogP contribution in [0.4, 0.5) is 4.79 Å². The van der Waals surface area contributed by atoms with Crippen molar-refractivity contribution in [2.24, 2.45) is 5.92 Å². The Kier molecular flexibility index (Phi) is 8.47. The van der Waals surface area contributed by atoms with Gasteiger partial charge in [0.2, 0.25) is 5.91 Å². The maximum Gasteiger partial charge on any atom is 0.325 e. The Balaban J connectivity index is 1.30. The van der Waals surface area contributed by atoms with Crippen LogP contribution in [0.25, 0.3) is 0 Å². The van der Waals surface area contributed by atoms with Crippen LogP contribution in [0.5, 0.6) is 0 Å². The molecule has 4 rings (SSSR count). The van der Waals surface area contributed by atoms with Crippen LogP contribution in [0.3, 0.4) is 0 Å². The van der Waals surface area contributed by atoms with Gasteiger partial charge in [-0.2, -0.15) is 0 Å². The van der Waals surface area contributed by atoms with Gasteiger partial charge < -0.3 is 15.1 Å². The minimum absolute atomic E-state index is 0.0439. The Morgan fingerprint density at radius 1 is 1.09 bits per heavy atom. The number of hydrogen-bond acceptors (Lipinski definition) is 4. The molecule has 2 atom stereocenters. The molecule has 192 valence electrons. The van der Waals surface area contributed by atoms with E-state index in [2.05, 4.69) is 36.3 Å². The predicted octanol–water partition coefficient (Wildman–Crippen LogP) is 3.82. The second-order valence-electron chi connectivity index (χ2n) is 10.7. The molecule has 0 bridgehead atoms. The van der Waals surface area contributed by atoms with Crippen LogP contribution in [0.1, 0.15) is 70.3 Å². The summed E-state index contributed by atoms with van der Waals surface area (Å²) >= 11 is 0. The van der Waals surface area contributed by atoms with Gasteiger partial charge >= 0.3 is 6.03 Å². The summed E-state index contributed by atoms with van der Waals surface area (Å²) in [5.74, 6) is 0.233. The first-order valence-electron chi connectivity index (χ1n) is 13.6. The number of nitrogens with zero attached hydrogens (tertiary/aromatic N) is 3. The van der Waals surface area contributed by atoms with E-state index in [9.17, 15) is 14.4 Å². The van der Waals surface area contributed by atoms with Crippen LogP contribution < -0.4 is 5.32 Å². The van der Waals surface area contributed by atoms with E-state index in [1.54, 1.807) is 0 Å². The lowest BCUT2D eigenvalue weighted by Crippen LogP contribution is -2.56. The average Bonchev–Trinajstić information content (AvgIpc) is 3.38. The van der Waals surface area contributed by atoms with E-state index in [1.165, 1.54) is 16.9 Å². The van der Waals surface area contributed by atoms with Crippen molar-refractivity contribution in [1.82, 2.24) is 20.0 Å². The summed E-state index contributed by atoms with van der Waals surface area (Å²) in [5, 5.41) is 3.14. The van der Waals surface area contributed by atoms with Crippen molar-refractivity contribution in [3.8, 4) is 0 Å². The second kappa shape index (κ2) is 11.5. The molecule has 0 unspecified atom stereocenters. The van der Waals surface area contributed by atoms with E-state index in [-0.39, 0.29) is 23.8 Å². The zero-order valence-electron chi connectivity index (χ0n) is 21.5. The number of amides is 4. The van der Waals surface area contributed by atoms with Crippen molar-refractivity contribution in [3.63, 3.8) is 0 Å². The van der Waals surface area contributed by atoms with Crippen molar-refractivity contribution < 1.29 is 14.4 Å². The van der Waals surface area contributed by atoms with Gasteiger partial charge in [0.25, 0.3) is 5.91 Å². The quantitative estimate of drug-likeness (QED) is 0.515. The fourth-order valence-electron chi connectivity index (χ4n) is 6.38. The van der Waals surface area contributed by atoms with Crippen molar-refractivity contribution >= 4 is 17.8 Å². The topological polar surface area (TPSA) is 73.0 Å². The summed E-state index contributed by atoms with van der Waals surface area (Å²) in [6.45, 7) is 4.98. The second-order valence-corrected chi connectivity index (χ2v) is 10.7. The average molecular weight is 483 g/mol. The molecule has 7 heteroatoms. The summed E-state index contributed by atoms with van der Waals surface area (Å²) in [4.78, 5) is 45.2. The van der Waals surface area contributed by atoms with Crippen LogP contribution in [0.15, 0.2) is 30.3 Å². The highest BCUT2D eigenvalue weighted by Gasteiger charge is 2.55. The molecular weight excluding hydrogens is 440 g/mol. The lowest BCUT2D eigenvalue weighted by atomic mass is 9.74. The lowest BCUT2D eigenvalue weighted by Gasteiger charge is -2.41. The van der Waals surface area contributed by atoms with Gasteiger partial charge in [-0.15, -0.1) is 0 Å². The number of hydrogen-bond donors (Lipinski definition) is 1. The van der Waals surface area contributed by atoms with E-state index < -0.39 is 5.54 Å². The van der Waals surface area contributed by atoms with Crippen LogP contribution in [-0.2, 0) is 16.0 Å².